The maximum absolute atomic E-state index is 11.8. The molecule has 2 N–H and O–H groups in total. The Morgan fingerprint density at radius 2 is 2.30 bits per heavy atom. The van der Waals surface area contributed by atoms with Gasteiger partial charge in [0.05, 0.1) is 18.3 Å². The maximum Gasteiger partial charge on any atom is 0.315 e. The fraction of sp³-hybridized carbons (Fsp3) is 0.385. The van der Waals surface area contributed by atoms with Gasteiger partial charge in [0.2, 0.25) is 0 Å². The molecule has 7 nitrogen and oxygen atoms in total. The van der Waals surface area contributed by atoms with Crippen molar-refractivity contribution in [3.05, 3.63) is 42.2 Å². The summed E-state index contributed by atoms with van der Waals surface area (Å²) in [5.41, 5.74) is 0.819. The third-order valence-electron chi connectivity index (χ3n) is 2.92. The van der Waals surface area contributed by atoms with Crippen molar-refractivity contribution in [3.63, 3.8) is 0 Å². The zero-order valence-corrected chi connectivity index (χ0v) is 11.6. The number of urea groups is 1. The zero-order valence-electron chi connectivity index (χ0n) is 11.6. The second kappa shape index (κ2) is 6.65. The highest BCUT2D eigenvalue weighted by Gasteiger charge is 2.11. The van der Waals surface area contributed by atoms with E-state index in [1.807, 2.05) is 36.6 Å². The van der Waals surface area contributed by atoms with E-state index in [1.165, 1.54) is 0 Å². The van der Waals surface area contributed by atoms with Crippen LogP contribution in [0.15, 0.2) is 30.7 Å². The Labute approximate surface area is 117 Å². The number of carbonyl (C=O) groups is 1. The van der Waals surface area contributed by atoms with E-state index in [1.54, 1.807) is 12.5 Å². The molecule has 0 bridgehead atoms. The number of carbonyl (C=O) groups excluding carboxylic acids is 1. The first-order valence-corrected chi connectivity index (χ1v) is 6.52. The summed E-state index contributed by atoms with van der Waals surface area (Å²) in [6.45, 7) is 5.00. The lowest BCUT2D eigenvalue weighted by Crippen LogP contribution is -2.37. The molecule has 0 aliphatic heterocycles. The van der Waals surface area contributed by atoms with E-state index in [2.05, 4.69) is 25.8 Å². The van der Waals surface area contributed by atoms with Crippen LogP contribution in [0.25, 0.3) is 0 Å². The summed E-state index contributed by atoms with van der Waals surface area (Å²) >= 11 is 0. The third-order valence-corrected chi connectivity index (χ3v) is 2.92. The molecule has 2 aromatic rings. The summed E-state index contributed by atoms with van der Waals surface area (Å²) in [6, 6.07) is 5.20. The van der Waals surface area contributed by atoms with Gasteiger partial charge in [-0.2, -0.15) is 0 Å². The summed E-state index contributed by atoms with van der Waals surface area (Å²) < 4.78 is 1.88. The first-order chi connectivity index (χ1) is 9.70. The van der Waals surface area contributed by atoms with Crippen molar-refractivity contribution >= 4 is 6.03 Å². The van der Waals surface area contributed by atoms with Crippen LogP contribution in [0.1, 0.15) is 31.4 Å². The second-order valence-corrected chi connectivity index (χ2v) is 4.34. The highest BCUT2D eigenvalue weighted by atomic mass is 16.2. The molecule has 0 aliphatic rings. The molecular weight excluding hydrogens is 256 g/mol. The van der Waals surface area contributed by atoms with Crippen molar-refractivity contribution in [1.82, 2.24) is 30.4 Å². The smallest absolute Gasteiger partial charge is 0.315 e. The SMILES string of the molecule is CCn1cnnc1CNC(=O)N[C@@H](C)c1ccccn1. The van der Waals surface area contributed by atoms with Crippen LogP contribution in [0.4, 0.5) is 4.79 Å². The standard InChI is InChI=1S/C13H18N6O/c1-3-19-9-16-18-12(19)8-15-13(20)17-10(2)11-6-4-5-7-14-11/h4-7,9-10H,3,8H2,1-2H3,(H2,15,17,20)/t10-/m0/s1. The molecule has 0 saturated heterocycles. The molecule has 0 saturated carbocycles. The molecular formula is C13H18N6O. The number of pyridine rings is 1. The third kappa shape index (κ3) is 3.53. The topological polar surface area (TPSA) is 84.7 Å². The quantitative estimate of drug-likeness (QED) is 0.859. The fourth-order valence-corrected chi connectivity index (χ4v) is 1.79. The van der Waals surface area contributed by atoms with Gasteiger partial charge in [-0.05, 0) is 26.0 Å². The van der Waals surface area contributed by atoms with Crippen LogP contribution >= 0.6 is 0 Å². The van der Waals surface area contributed by atoms with Gasteiger partial charge in [0.15, 0.2) is 5.82 Å². The molecule has 0 unspecified atom stereocenters. The van der Waals surface area contributed by atoms with E-state index in [0.717, 1.165) is 18.1 Å². The Hall–Kier alpha value is -2.44. The first-order valence-electron chi connectivity index (χ1n) is 6.52. The van der Waals surface area contributed by atoms with Crippen molar-refractivity contribution in [3.8, 4) is 0 Å². The number of amides is 2. The van der Waals surface area contributed by atoms with E-state index in [0.29, 0.717) is 6.54 Å². The van der Waals surface area contributed by atoms with Crippen LogP contribution < -0.4 is 10.6 Å². The summed E-state index contributed by atoms with van der Waals surface area (Å²) in [7, 11) is 0. The largest absolute Gasteiger partial charge is 0.331 e. The van der Waals surface area contributed by atoms with E-state index < -0.39 is 0 Å². The molecule has 0 radical (unpaired) electrons. The van der Waals surface area contributed by atoms with E-state index in [9.17, 15) is 4.79 Å². The van der Waals surface area contributed by atoms with Gasteiger partial charge in [-0.25, -0.2) is 4.79 Å². The Balaban J connectivity index is 1.84. The van der Waals surface area contributed by atoms with Gasteiger partial charge in [-0.1, -0.05) is 6.07 Å². The van der Waals surface area contributed by atoms with Crippen molar-refractivity contribution < 1.29 is 4.79 Å². The summed E-state index contributed by atoms with van der Waals surface area (Å²) in [5.74, 6) is 0.730. The number of aromatic nitrogens is 4. The van der Waals surface area contributed by atoms with Gasteiger partial charge >= 0.3 is 6.03 Å². The number of nitrogens with one attached hydrogen (secondary N) is 2. The number of rotatable bonds is 5. The summed E-state index contributed by atoms with van der Waals surface area (Å²) in [6.07, 6.45) is 3.35. The lowest BCUT2D eigenvalue weighted by molar-refractivity contribution is 0.237. The van der Waals surface area contributed by atoms with E-state index in [-0.39, 0.29) is 12.1 Å². The molecule has 1 atom stereocenters. The number of nitrogens with zero attached hydrogens (tertiary/aromatic N) is 4. The zero-order chi connectivity index (χ0) is 14.4. The Morgan fingerprint density at radius 3 is 3.00 bits per heavy atom. The number of aryl methyl sites for hydroxylation is 1. The molecule has 2 amide bonds. The molecule has 0 fully saturated rings. The molecule has 0 spiro atoms. The normalized spacial score (nSPS) is 11.9. The van der Waals surface area contributed by atoms with Crippen molar-refractivity contribution in [2.75, 3.05) is 0 Å². The summed E-state index contributed by atoms with van der Waals surface area (Å²) in [5, 5.41) is 13.4. The monoisotopic (exact) mass is 274 g/mol. The van der Waals surface area contributed by atoms with Crippen LogP contribution in [0, 0.1) is 0 Å². The molecule has 2 heterocycles. The molecule has 2 aromatic heterocycles. The average molecular weight is 274 g/mol. The molecule has 2 rings (SSSR count). The van der Waals surface area contributed by atoms with Gasteiger partial charge < -0.3 is 15.2 Å². The minimum atomic E-state index is -0.256. The minimum Gasteiger partial charge on any atom is -0.331 e. The maximum atomic E-state index is 11.8. The summed E-state index contributed by atoms with van der Waals surface area (Å²) in [4.78, 5) is 16.0. The number of hydrogen-bond donors (Lipinski definition) is 2. The van der Waals surface area contributed by atoms with E-state index in [4.69, 9.17) is 0 Å². The number of hydrogen-bond acceptors (Lipinski definition) is 4. The van der Waals surface area contributed by atoms with Crippen LogP contribution in [0.3, 0.4) is 0 Å². The van der Waals surface area contributed by atoms with Crippen LogP contribution in [0.2, 0.25) is 0 Å². The van der Waals surface area contributed by atoms with Gasteiger partial charge in [0, 0.05) is 12.7 Å². The van der Waals surface area contributed by atoms with Crippen LogP contribution in [0.5, 0.6) is 0 Å². The predicted molar refractivity (Wildman–Crippen MR) is 73.7 cm³/mol. The molecule has 20 heavy (non-hydrogen) atoms. The highest BCUT2D eigenvalue weighted by molar-refractivity contribution is 5.74. The van der Waals surface area contributed by atoms with Gasteiger partial charge in [0.25, 0.3) is 0 Å². The van der Waals surface area contributed by atoms with Crippen LogP contribution in [-0.4, -0.2) is 25.8 Å². The van der Waals surface area contributed by atoms with Crippen molar-refractivity contribution in [2.24, 2.45) is 0 Å². The molecule has 0 aliphatic carbocycles. The lowest BCUT2D eigenvalue weighted by Gasteiger charge is -2.14. The van der Waals surface area contributed by atoms with E-state index >= 15 is 0 Å². The van der Waals surface area contributed by atoms with Crippen molar-refractivity contribution in [1.29, 1.82) is 0 Å². The average Bonchev–Trinajstić information content (AvgIpc) is 2.93. The lowest BCUT2D eigenvalue weighted by atomic mass is 10.2. The highest BCUT2D eigenvalue weighted by Crippen LogP contribution is 2.07. The fourth-order valence-electron chi connectivity index (χ4n) is 1.79. The molecule has 106 valence electrons. The van der Waals surface area contributed by atoms with Gasteiger partial charge in [-0.15, -0.1) is 10.2 Å². The molecule has 7 heteroatoms. The van der Waals surface area contributed by atoms with Gasteiger partial charge in [0.1, 0.15) is 6.33 Å². The van der Waals surface area contributed by atoms with Gasteiger partial charge in [-0.3, -0.25) is 4.98 Å². The Kier molecular flexibility index (Phi) is 4.65. The van der Waals surface area contributed by atoms with Crippen molar-refractivity contribution in [2.45, 2.75) is 33.0 Å². The minimum absolute atomic E-state index is 0.153. The predicted octanol–water partition coefficient (Wildman–Crippen LogP) is 1.25. The second-order valence-electron chi connectivity index (χ2n) is 4.34. The van der Waals surface area contributed by atoms with Crippen LogP contribution in [-0.2, 0) is 13.1 Å². The Morgan fingerprint density at radius 1 is 1.45 bits per heavy atom. The molecule has 0 aromatic carbocycles. The first kappa shape index (κ1) is 14.0. The Bertz CT molecular complexity index is 553.